The number of nitrogens with zero attached hydrogens (tertiary/aromatic N) is 6. The van der Waals surface area contributed by atoms with Crippen molar-refractivity contribution in [2.75, 3.05) is 11.9 Å². The van der Waals surface area contributed by atoms with Gasteiger partial charge in [-0.2, -0.15) is 15.5 Å². The minimum Gasteiger partial charge on any atom is -0.465 e. The Balaban J connectivity index is 1.54. The van der Waals surface area contributed by atoms with Gasteiger partial charge in [-0.3, -0.25) is 9.69 Å². The zero-order valence-electron chi connectivity index (χ0n) is 27.6. The number of nitrogens with one attached hydrogen (secondary N) is 1. The van der Waals surface area contributed by atoms with Gasteiger partial charge in [-0.15, -0.1) is 0 Å². The topological polar surface area (TPSA) is 155 Å². The summed E-state index contributed by atoms with van der Waals surface area (Å²) in [6.45, 7) is 9.47. The van der Waals surface area contributed by atoms with E-state index in [1.165, 1.54) is 4.90 Å². The number of amides is 2. The summed E-state index contributed by atoms with van der Waals surface area (Å²) in [7, 11) is 0. The van der Waals surface area contributed by atoms with Crippen LogP contribution in [0.5, 0.6) is 11.6 Å². The summed E-state index contributed by atoms with van der Waals surface area (Å²) in [5.74, 6) is 0.742. The van der Waals surface area contributed by atoms with Crippen molar-refractivity contribution in [1.29, 1.82) is 10.5 Å². The molecule has 0 fully saturated rings. The molecule has 2 heterocycles. The number of rotatable bonds is 8. The van der Waals surface area contributed by atoms with Gasteiger partial charge in [0.25, 0.3) is 0 Å². The molecule has 0 saturated carbocycles. The second-order valence-corrected chi connectivity index (χ2v) is 12.8. The fourth-order valence-corrected chi connectivity index (χ4v) is 5.97. The second-order valence-electron chi connectivity index (χ2n) is 12.8. The highest BCUT2D eigenvalue weighted by Gasteiger charge is 2.40. The molecule has 1 aliphatic rings. The Morgan fingerprint density at radius 3 is 2.23 bits per heavy atom. The normalized spacial score (nSPS) is 13.0. The van der Waals surface area contributed by atoms with Crippen LogP contribution in [-0.4, -0.2) is 55.0 Å². The number of hydrogen-bond acceptors (Lipinski definition) is 8. The maximum atomic E-state index is 14.4. The Hall–Kier alpha value is -5.94. The smallest absolute Gasteiger partial charge is 0.408 e. The number of aromatic nitrogens is 2. The molecule has 0 radical (unpaired) electrons. The Kier molecular flexibility index (Phi) is 9.62. The summed E-state index contributed by atoms with van der Waals surface area (Å²) >= 11 is 0. The Morgan fingerprint density at radius 1 is 1.00 bits per heavy atom. The average Bonchev–Trinajstić information content (AvgIpc) is 3.05. The van der Waals surface area contributed by atoms with E-state index in [9.17, 15) is 25.2 Å². The molecule has 5 rings (SSSR count). The Morgan fingerprint density at radius 2 is 1.65 bits per heavy atom. The summed E-state index contributed by atoms with van der Waals surface area (Å²) in [6.07, 6.45) is -0.579. The predicted octanol–water partition coefficient (Wildman–Crippen LogP) is 6.65. The number of fused-ring (bicyclic) bond motifs is 1. The van der Waals surface area contributed by atoms with E-state index < -0.39 is 17.7 Å². The lowest BCUT2D eigenvalue weighted by molar-refractivity contribution is -0.139. The number of ether oxygens (including phenoxy) is 1. The van der Waals surface area contributed by atoms with Crippen molar-refractivity contribution in [3.05, 3.63) is 106 Å². The third kappa shape index (κ3) is 7.37. The standard InChI is InChI=1S/C37H37N7O4/c1-23-17-27(21-39)18-24(2)32(23)48-33-29-22-43(16-15-30(29)41-35(42-33)40-28-13-11-26(20-38)12-14-28)34(45)31(19-25-9-7-6-8-10-25)44(36(46)47)37(3,4)5/h6-14,17-18,31H,15-16,19,22H2,1-5H3,(H,46,47)(H,40,41,42)/t31-/m0/s1. The van der Waals surface area contributed by atoms with Crippen molar-refractivity contribution in [2.45, 2.75) is 65.6 Å². The minimum atomic E-state index is -1.17. The number of anilines is 2. The fourth-order valence-electron chi connectivity index (χ4n) is 5.97. The quantitative estimate of drug-likeness (QED) is 0.215. The Labute approximate surface area is 280 Å². The van der Waals surface area contributed by atoms with Crippen molar-refractivity contribution in [3.63, 3.8) is 0 Å². The molecule has 0 saturated heterocycles. The lowest BCUT2D eigenvalue weighted by Gasteiger charge is -2.41. The van der Waals surface area contributed by atoms with Crippen LogP contribution in [-0.2, 0) is 24.2 Å². The van der Waals surface area contributed by atoms with E-state index in [-0.39, 0.29) is 30.7 Å². The molecule has 3 aromatic carbocycles. The van der Waals surface area contributed by atoms with Crippen molar-refractivity contribution < 1.29 is 19.4 Å². The first-order valence-corrected chi connectivity index (χ1v) is 15.6. The number of benzene rings is 3. The van der Waals surface area contributed by atoms with E-state index in [0.29, 0.717) is 46.8 Å². The van der Waals surface area contributed by atoms with Gasteiger partial charge >= 0.3 is 6.09 Å². The molecule has 1 aromatic heterocycles. The van der Waals surface area contributed by atoms with Gasteiger partial charge in [0.1, 0.15) is 11.8 Å². The molecule has 244 valence electrons. The molecule has 48 heavy (non-hydrogen) atoms. The molecule has 4 aromatic rings. The van der Waals surface area contributed by atoms with Crippen LogP contribution in [0.4, 0.5) is 16.4 Å². The van der Waals surface area contributed by atoms with Crippen LogP contribution in [0, 0.1) is 36.5 Å². The highest BCUT2D eigenvalue weighted by molar-refractivity contribution is 5.86. The van der Waals surface area contributed by atoms with Gasteiger partial charge in [0.15, 0.2) is 0 Å². The molecule has 0 unspecified atom stereocenters. The van der Waals surface area contributed by atoms with E-state index in [1.54, 1.807) is 62.1 Å². The van der Waals surface area contributed by atoms with Gasteiger partial charge in [-0.25, -0.2) is 9.78 Å². The largest absolute Gasteiger partial charge is 0.465 e. The van der Waals surface area contributed by atoms with Crippen LogP contribution in [0.15, 0.2) is 66.7 Å². The predicted molar refractivity (Wildman–Crippen MR) is 180 cm³/mol. The van der Waals surface area contributed by atoms with Gasteiger partial charge in [0.2, 0.25) is 17.7 Å². The third-order valence-corrected chi connectivity index (χ3v) is 8.19. The molecule has 0 bridgehead atoms. The second kappa shape index (κ2) is 13.8. The van der Waals surface area contributed by atoms with E-state index in [4.69, 9.17) is 14.7 Å². The number of carbonyl (C=O) groups excluding carboxylic acids is 1. The van der Waals surface area contributed by atoms with Gasteiger partial charge in [0.05, 0.1) is 41.1 Å². The monoisotopic (exact) mass is 643 g/mol. The lowest BCUT2D eigenvalue weighted by Crippen LogP contribution is -2.58. The zero-order valence-corrected chi connectivity index (χ0v) is 27.6. The van der Waals surface area contributed by atoms with Gasteiger partial charge in [-0.1, -0.05) is 30.3 Å². The minimum absolute atomic E-state index is 0.109. The first kappa shape index (κ1) is 33.4. The lowest BCUT2D eigenvalue weighted by atomic mass is 9.96. The van der Waals surface area contributed by atoms with Crippen molar-refractivity contribution >= 4 is 23.6 Å². The van der Waals surface area contributed by atoms with E-state index in [2.05, 4.69) is 17.5 Å². The van der Waals surface area contributed by atoms with Crippen LogP contribution in [0.1, 0.15) is 59.8 Å². The van der Waals surface area contributed by atoms with Gasteiger partial charge in [-0.05, 0) is 87.7 Å². The van der Waals surface area contributed by atoms with Crippen molar-refractivity contribution in [1.82, 2.24) is 19.8 Å². The average molecular weight is 644 g/mol. The van der Waals surface area contributed by atoms with Gasteiger partial charge in [0, 0.05) is 30.6 Å². The van der Waals surface area contributed by atoms with E-state index >= 15 is 0 Å². The first-order valence-electron chi connectivity index (χ1n) is 15.6. The molecule has 2 N–H and O–H groups in total. The van der Waals surface area contributed by atoms with Crippen LogP contribution in [0.2, 0.25) is 0 Å². The molecule has 11 heteroatoms. The third-order valence-electron chi connectivity index (χ3n) is 8.19. The number of aryl methyl sites for hydroxylation is 2. The number of carboxylic acid groups (broad SMARTS) is 1. The molecule has 1 aliphatic heterocycles. The summed E-state index contributed by atoms with van der Waals surface area (Å²) < 4.78 is 6.49. The number of nitriles is 2. The van der Waals surface area contributed by atoms with Crippen molar-refractivity contribution in [3.8, 4) is 23.8 Å². The highest BCUT2D eigenvalue weighted by Crippen LogP contribution is 2.35. The number of carbonyl (C=O) groups is 2. The maximum Gasteiger partial charge on any atom is 0.408 e. The molecule has 1 atom stereocenters. The Bertz CT molecular complexity index is 1900. The molecular weight excluding hydrogens is 606 g/mol. The van der Waals surface area contributed by atoms with Gasteiger partial charge < -0.3 is 20.1 Å². The molecule has 11 nitrogen and oxygen atoms in total. The number of hydrogen-bond donors (Lipinski definition) is 2. The summed E-state index contributed by atoms with van der Waals surface area (Å²) in [4.78, 5) is 39.4. The van der Waals surface area contributed by atoms with E-state index in [1.807, 2.05) is 44.2 Å². The zero-order chi connectivity index (χ0) is 34.6. The summed E-state index contributed by atoms with van der Waals surface area (Å²) in [5.41, 5.74) is 4.50. The highest BCUT2D eigenvalue weighted by atomic mass is 16.5. The molecule has 0 spiro atoms. The van der Waals surface area contributed by atoms with Crippen LogP contribution in [0.25, 0.3) is 0 Å². The van der Waals surface area contributed by atoms with Crippen LogP contribution in [0.3, 0.4) is 0 Å². The maximum absolute atomic E-state index is 14.4. The SMILES string of the molecule is Cc1cc(C#N)cc(C)c1Oc1nc(Nc2ccc(C#N)cc2)nc2c1CN(C(=O)[C@H](Cc1ccccc1)N(C(=O)O)C(C)(C)C)CC2. The first-order chi connectivity index (χ1) is 22.9. The summed E-state index contributed by atoms with van der Waals surface area (Å²) in [6, 6.07) is 23.1. The fraction of sp³-hybridized carbons (Fsp3) is 0.297. The molecular formula is C37H37N7O4. The van der Waals surface area contributed by atoms with Crippen LogP contribution < -0.4 is 10.1 Å². The van der Waals surface area contributed by atoms with Crippen molar-refractivity contribution in [2.24, 2.45) is 0 Å². The molecule has 0 aliphatic carbocycles. The van der Waals surface area contributed by atoms with Crippen LogP contribution >= 0.6 is 0 Å². The van der Waals surface area contributed by atoms with E-state index in [0.717, 1.165) is 16.7 Å². The summed E-state index contributed by atoms with van der Waals surface area (Å²) in [5, 5.41) is 32.2. The molecule has 2 amide bonds.